The van der Waals surface area contributed by atoms with Crippen molar-refractivity contribution in [1.29, 1.82) is 0 Å². The zero-order valence-corrected chi connectivity index (χ0v) is 19.3. The fraction of sp³-hybridized carbons (Fsp3) is 0.591. The SMILES string of the molecule is COC(=O)[C@H](Cc1ccccn1)NC(=O)C1(NC(=O)[C@@H](SC(C)=O)C(C)C)CCCC1. The molecule has 0 aliphatic heterocycles. The molecule has 0 saturated heterocycles. The number of amides is 2. The maximum atomic E-state index is 13.3. The van der Waals surface area contributed by atoms with Crippen LogP contribution in [0.3, 0.4) is 0 Å². The maximum absolute atomic E-state index is 13.3. The van der Waals surface area contributed by atoms with Crippen molar-refractivity contribution in [2.75, 3.05) is 7.11 Å². The first-order valence-corrected chi connectivity index (χ1v) is 11.3. The number of pyridine rings is 1. The van der Waals surface area contributed by atoms with Crippen molar-refractivity contribution in [3.05, 3.63) is 30.1 Å². The van der Waals surface area contributed by atoms with Crippen molar-refractivity contribution >= 4 is 34.7 Å². The van der Waals surface area contributed by atoms with Crippen LogP contribution in [0.25, 0.3) is 0 Å². The van der Waals surface area contributed by atoms with Gasteiger partial charge in [-0.3, -0.25) is 19.4 Å². The molecule has 0 unspecified atom stereocenters. The number of carbonyl (C=O) groups excluding carboxylic acids is 4. The van der Waals surface area contributed by atoms with Crippen molar-refractivity contribution in [3.63, 3.8) is 0 Å². The summed E-state index contributed by atoms with van der Waals surface area (Å²) in [7, 11) is 1.26. The van der Waals surface area contributed by atoms with Crippen LogP contribution in [0.5, 0.6) is 0 Å². The van der Waals surface area contributed by atoms with Gasteiger partial charge in [0.25, 0.3) is 0 Å². The Kier molecular flexibility index (Phi) is 9.03. The molecule has 0 aromatic carbocycles. The largest absolute Gasteiger partial charge is 0.467 e. The second kappa shape index (κ2) is 11.3. The monoisotopic (exact) mass is 449 g/mol. The van der Waals surface area contributed by atoms with Crippen LogP contribution in [0.15, 0.2) is 24.4 Å². The van der Waals surface area contributed by atoms with Crippen LogP contribution in [0.2, 0.25) is 0 Å². The van der Waals surface area contributed by atoms with Crippen molar-refractivity contribution in [3.8, 4) is 0 Å². The third kappa shape index (κ3) is 6.78. The van der Waals surface area contributed by atoms with Gasteiger partial charge in [-0.2, -0.15) is 0 Å². The average molecular weight is 450 g/mol. The molecule has 31 heavy (non-hydrogen) atoms. The summed E-state index contributed by atoms with van der Waals surface area (Å²) >= 11 is 0.969. The number of aromatic nitrogens is 1. The lowest BCUT2D eigenvalue weighted by Gasteiger charge is -2.32. The molecule has 8 nitrogen and oxygen atoms in total. The molecule has 1 saturated carbocycles. The van der Waals surface area contributed by atoms with E-state index in [2.05, 4.69) is 15.6 Å². The van der Waals surface area contributed by atoms with Crippen LogP contribution in [0.1, 0.15) is 52.1 Å². The van der Waals surface area contributed by atoms with E-state index in [-0.39, 0.29) is 23.4 Å². The van der Waals surface area contributed by atoms with Crippen LogP contribution >= 0.6 is 11.8 Å². The highest BCUT2D eigenvalue weighted by molar-refractivity contribution is 8.14. The normalized spacial score (nSPS) is 16.9. The minimum atomic E-state index is -1.11. The van der Waals surface area contributed by atoms with Crippen molar-refractivity contribution < 1.29 is 23.9 Å². The lowest BCUT2D eigenvalue weighted by molar-refractivity contribution is -0.146. The molecule has 2 atom stereocenters. The lowest BCUT2D eigenvalue weighted by atomic mass is 9.94. The number of thioether (sulfide) groups is 1. The first kappa shape index (κ1) is 24.8. The van der Waals surface area contributed by atoms with Crippen molar-refractivity contribution in [2.24, 2.45) is 5.92 Å². The summed E-state index contributed by atoms with van der Waals surface area (Å²) in [5, 5.41) is 4.94. The molecule has 0 radical (unpaired) electrons. The van der Waals surface area contributed by atoms with Crippen molar-refractivity contribution in [2.45, 2.75) is 69.7 Å². The van der Waals surface area contributed by atoms with E-state index in [1.54, 1.807) is 24.4 Å². The number of nitrogens with zero attached hydrogens (tertiary/aromatic N) is 1. The first-order valence-electron chi connectivity index (χ1n) is 10.5. The van der Waals surface area contributed by atoms with E-state index in [9.17, 15) is 19.2 Å². The van der Waals surface area contributed by atoms with Gasteiger partial charge >= 0.3 is 5.97 Å². The second-order valence-electron chi connectivity index (χ2n) is 8.13. The molecule has 1 fully saturated rings. The number of hydrogen-bond acceptors (Lipinski definition) is 7. The van der Waals surface area contributed by atoms with Crippen LogP contribution < -0.4 is 10.6 Å². The molecule has 2 amide bonds. The van der Waals surface area contributed by atoms with Gasteiger partial charge in [-0.15, -0.1) is 0 Å². The van der Waals surface area contributed by atoms with Gasteiger partial charge in [0.2, 0.25) is 11.8 Å². The lowest BCUT2D eigenvalue weighted by Crippen LogP contribution is -2.61. The minimum absolute atomic E-state index is 0.0811. The van der Waals surface area contributed by atoms with Crippen LogP contribution in [0.4, 0.5) is 0 Å². The molecular weight excluding hydrogens is 418 g/mol. The molecule has 1 aliphatic rings. The average Bonchev–Trinajstić information content (AvgIpc) is 3.21. The van der Waals surface area contributed by atoms with E-state index in [1.165, 1.54) is 14.0 Å². The third-order valence-electron chi connectivity index (χ3n) is 5.34. The summed E-state index contributed by atoms with van der Waals surface area (Å²) in [6.45, 7) is 5.15. The Labute approximate surface area is 187 Å². The molecule has 0 spiro atoms. The highest BCUT2D eigenvalue weighted by Gasteiger charge is 2.45. The number of carbonyl (C=O) groups is 4. The summed E-state index contributed by atoms with van der Waals surface area (Å²) < 4.78 is 4.87. The van der Waals surface area contributed by atoms with Gasteiger partial charge in [-0.25, -0.2) is 4.79 Å². The summed E-state index contributed by atoms with van der Waals surface area (Å²) in [4.78, 5) is 54.4. The molecule has 2 N–H and O–H groups in total. The third-order valence-corrected chi connectivity index (χ3v) is 6.69. The van der Waals surface area contributed by atoms with Gasteiger partial charge in [0, 0.05) is 25.2 Å². The number of rotatable bonds is 9. The van der Waals surface area contributed by atoms with Crippen LogP contribution in [0, 0.1) is 5.92 Å². The quantitative estimate of drug-likeness (QED) is 0.554. The van der Waals surface area contributed by atoms with E-state index in [0.29, 0.717) is 18.5 Å². The Bertz CT molecular complexity index is 794. The van der Waals surface area contributed by atoms with Crippen molar-refractivity contribution in [1.82, 2.24) is 15.6 Å². The first-order chi connectivity index (χ1) is 14.7. The summed E-state index contributed by atoms with van der Waals surface area (Å²) in [5.74, 6) is -1.42. The van der Waals surface area contributed by atoms with E-state index < -0.39 is 28.7 Å². The molecule has 2 rings (SSSR count). The Morgan fingerprint density at radius 2 is 1.87 bits per heavy atom. The van der Waals surface area contributed by atoms with E-state index >= 15 is 0 Å². The zero-order chi connectivity index (χ0) is 23.0. The number of esters is 1. The highest BCUT2D eigenvalue weighted by atomic mass is 32.2. The smallest absolute Gasteiger partial charge is 0.328 e. The summed E-state index contributed by atoms with van der Waals surface area (Å²) in [6.07, 6.45) is 4.29. The molecule has 1 heterocycles. The Morgan fingerprint density at radius 3 is 2.39 bits per heavy atom. The van der Waals surface area contributed by atoms with Gasteiger partial charge in [-0.1, -0.05) is 44.5 Å². The molecule has 1 aromatic rings. The topological polar surface area (TPSA) is 114 Å². The predicted molar refractivity (Wildman–Crippen MR) is 118 cm³/mol. The summed E-state index contributed by atoms with van der Waals surface area (Å²) in [5.41, 5.74) is -0.474. The molecular formula is C22H31N3O5S. The van der Waals surface area contributed by atoms with E-state index in [4.69, 9.17) is 4.74 Å². The van der Waals surface area contributed by atoms with Crippen LogP contribution in [-0.2, 0) is 30.3 Å². The number of methoxy groups -OCH3 is 1. The molecule has 170 valence electrons. The minimum Gasteiger partial charge on any atom is -0.467 e. The predicted octanol–water partition coefficient (Wildman–Crippen LogP) is 2.02. The second-order valence-corrected chi connectivity index (χ2v) is 9.45. The van der Waals surface area contributed by atoms with Gasteiger partial charge in [0.05, 0.1) is 12.4 Å². The Morgan fingerprint density at radius 1 is 1.19 bits per heavy atom. The molecule has 9 heteroatoms. The Balaban J connectivity index is 2.19. The van der Waals surface area contributed by atoms with Gasteiger partial charge in [0.15, 0.2) is 5.12 Å². The number of nitrogens with one attached hydrogen (secondary N) is 2. The van der Waals surface area contributed by atoms with Crippen LogP contribution in [-0.4, -0.2) is 51.8 Å². The van der Waals surface area contributed by atoms with Gasteiger partial charge in [0.1, 0.15) is 11.6 Å². The zero-order valence-electron chi connectivity index (χ0n) is 18.5. The highest BCUT2D eigenvalue weighted by Crippen LogP contribution is 2.32. The fourth-order valence-corrected chi connectivity index (χ4v) is 4.52. The van der Waals surface area contributed by atoms with Gasteiger partial charge < -0.3 is 15.4 Å². The van der Waals surface area contributed by atoms with Gasteiger partial charge in [-0.05, 0) is 30.9 Å². The fourth-order valence-electron chi connectivity index (χ4n) is 3.73. The number of hydrogen-bond donors (Lipinski definition) is 2. The van der Waals surface area contributed by atoms with E-state index in [1.807, 2.05) is 13.8 Å². The maximum Gasteiger partial charge on any atom is 0.328 e. The van der Waals surface area contributed by atoms with E-state index in [0.717, 1.165) is 24.6 Å². The molecule has 1 aromatic heterocycles. The summed E-state index contributed by atoms with van der Waals surface area (Å²) in [6, 6.07) is 4.41. The number of ether oxygens (including phenoxy) is 1. The Hall–Kier alpha value is -2.42. The standard InChI is InChI=1S/C22H31N3O5S/c1-14(2)18(31-15(3)26)19(27)25-22(10-6-7-11-22)21(29)24-17(20(28)30-4)13-16-9-5-8-12-23-16/h5,8-9,12,14,17-18H,6-7,10-11,13H2,1-4H3,(H,24,29)(H,25,27)/t17-,18-/m0/s1. The molecule has 0 bridgehead atoms. The molecule has 1 aliphatic carbocycles.